The van der Waals surface area contributed by atoms with Gasteiger partial charge >= 0.3 is 0 Å². The summed E-state index contributed by atoms with van der Waals surface area (Å²) in [4.78, 5) is 0. The van der Waals surface area contributed by atoms with Gasteiger partial charge in [0.05, 0.1) is 25.4 Å². The molecule has 26 heavy (non-hydrogen) atoms. The van der Waals surface area contributed by atoms with Crippen molar-refractivity contribution >= 4 is 0 Å². The van der Waals surface area contributed by atoms with Gasteiger partial charge < -0.3 is 28.4 Å². The maximum Gasteiger partial charge on any atom is 0.231 e. The zero-order valence-electron chi connectivity index (χ0n) is 14.1. The molecule has 6 heteroatoms. The van der Waals surface area contributed by atoms with E-state index >= 15 is 0 Å². The molecule has 4 heterocycles. The Morgan fingerprint density at radius 1 is 0.577 bits per heavy atom. The normalized spacial score (nSPS) is 30.6. The molecule has 0 radical (unpaired) electrons. The van der Waals surface area contributed by atoms with Crippen LogP contribution in [0, 0.1) is 11.8 Å². The summed E-state index contributed by atoms with van der Waals surface area (Å²) >= 11 is 0. The second-order valence-electron chi connectivity index (χ2n) is 7.06. The van der Waals surface area contributed by atoms with Crippen molar-refractivity contribution in [1.82, 2.24) is 0 Å². The molecule has 2 saturated heterocycles. The van der Waals surface area contributed by atoms with Crippen molar-refractivity contribution in [3.8, 4) is 23.0 Å². The number of ether oxygens (including phenoxy) is 6. The largest absolute Gasteiger partial charge is 0.454 e. The van der Waals surface area contributed by atoms with Crippen LogP contribution in [0.2, 0.25) is 0 Å². The Morgan fingerprint density at radius 2 is 1.04 bits per heavy atom. The first-order chi connectivity index (χ1) is 12.9. The highest BCUT2D eigenvalue weighted by atomic mass is 16.7. The minimum absolute atomic E-state index is 0.0218. The summed E-state index contributed by atoms with van der Waals surface area (Å²) in [6.45, 7) is 1.93. The topological polar surface area (TPSA) is 55.4 Å². The maximum absolute atomic E-state index is 6.18. The Kier molecular flexibility index (Phi) is 3.12. The SMILES string of the molecule is c1cc2c(cc1[C@H]1OC[C@H]3C1CO[C@@H]3c1ccc3c(c1)OCO3)OCO2. The van der Waals surface area contributed by atoms with E-state index in [1.54, 1.807) is 0 Å². The molecular formula is C20H18O6. The van der Waals surface area contributed by atoms with Crippen LogP contribution in [0.15, 0.2) is 36.4 Å². The lowest BCUT2D eigenvalue weighted by Gasteiger charge is -2.17. The van der Waals surface area contributed by atoms with Gasteiger partial charge in [-0.1, -0.05) is 12.1 Å². The third kappa shape index (κ3) is 2.12. The average Bonchev–Trinajstić information content (AvgIpc) is 3.42. The molecule has 0 spiro atoms. The van der Waals surface area contributed by atoms with Gasteiger partial charge in [0.2, 0.25) is 13.6 Å². The van der Waals surface area contributed by atoms with Gasteiger partial charge in [-0.05, 0) is 35.4 Å². The van der Waals surface area contributed by atoms with Crippen LogP contribution in [0.5, 0.6) is 23.0 Å². The molecule has 134 valence electrons. The molecule has 4 aliphatic rings. The predicted molar refractivity (Wildman–Crippen MR) is 89.5 cm³/mol. The van der Waals surface area contributed by atoms with Gasteiger partial charge in [0.15, 0.2) is 23.0 Å². The molecule has 4 aliphatic heterocycles. The molecule has 0 N–H and O–H groups in total. The molecule has 2 aromatic rings. The summed E-state index contributed by atoms with van der Waals surface area (Å²) in [7, 11) is 0. The van der Waals surface area contributed by atoms with Gasteiger partial charge in [-0.2, -0.15) is 0 Å². The highest BCUT2D eigenvalue weighted by Gasteiger charge is 2.48. The minimum atomic E-state index is 0.0218. The van der Waals surface area contributed by atoms with Crippen LogP contribution < -0.4 is 18.9 Å². The lowest BCUT2D eigenvalue weighted by atomic mass is 9.85. The first kappa shape index (κ1) is 14.7. The van der Waals surface area contributed by atoms with Crippen LogP contribution in [-0.4, -0.2) is 26.8 Å². The molecule has 2 fully saturated rings. The number of rotatable bonds is 2. The van der Waals surface area contributed by atoms with Gasteiger partial charge in [0, 0.05) is 11.8 Å². The Bertz CT molecular complexity index is 794. The van der Waals surface area contributed by atoms with E-state index in [0.717, 1.165) is 34.1 Å². The lowest BCUT2D eigenvalue weighted by Crippen LogP contribution is -2.14. The second kappa shape index (κ2) is 5.53. The Morgan fingerprint density at radius 3 is 1.54 bits per heavy atom. The van der Waals surface area contributed by atoms with Gasteiger partial charge in [-0.15, -0.1) is 0 Å². The smallest absolute Gasteiger partial charge is 0.231 e. The lowest BCUT2D eigenvalue weighted by molar-refractivity contribution is 0.0192. The highest BCUT2D eigenvalue weighted by molar-refractivity contribution is 5.46. The summed E-state index contributed by atoms with van der Waals surface area (Å²) < 4.78 is 34.2. The quantitative estimate of drug-likeness (QED) is 0.825. The van der Waals surface area contributed by atoms with Gasteiger partial charge in [-0.25, -0.2) is 0 Å². The molecule has 0 saturated carbocycles. The van der Waals surface area contributed by atoms with Crippen molar-refractivity contribution in [1.29, 1.82) is 0 Å². The maximum atomic E-state index is 6.18. The Hall–Kier alpha value is -2.44. The van der Waals surface area contributed by atoms with Crippen LogP contribution in [0.1, 0.15) is 23.3 Å². The highest BCUT2D eigenvalue weighted by Crippen LogP contribution is 2.52. The number of hydrogen-bond acceptors (Lipinski definition) is 6. The fraction of sp³-hybridized carbons (Fsp3) is 0.400. The number of hydrogen-bond donors (Lipinski definition) is 0. The molecule has 2 aromatic carbocycles. The second-order valence-corrected chi connectivity index (χ2v) is 7.06. The van der Waals surface area contributed by atoms with E-state index in [4.69, 9.17) is 28.4 Å². The molecule has 6 rings (SSSR count). The summed E-state index contributed by atoms with van der Waals surface area (Å²) in [6, 6.07) is 12.1. The van der Waals surface area contributed by atoms with Crippen molar-refractivity contribution in [3.05, 3.63) is 47.5 Å². The van der Waals surface area contributed by atoms with Crippen molar-refractivity contribution < 1.29 is 28.4 Å². The third-order valence-electron chi connectivity index (χ3n) is 5.71. The van der Waals surface area contributed by atoms with E-state index in [1.807, 2.05) is 24.3 Å². The van der Waals surface area contributed by atoms with Crippen molar-refractivity contribution in [3.63, 3.8) is 0 Å². The standard InChI is InChI=1S/C20H18O6/c1-3-15-17(25-9-23-15)5-11(1)19-13-7-22-20(14(13)8-21-19)12-2-4-16-18(6-12)26-10-24-16/h1-6,13-14,19-20H,7-10H2/t13-,14?,19+,20+/m0/s1. The van der Waals surface area contributed by atoms with Crippen molar-refractivity contribution in [2.45, 2.75) is 12.2 Å². The molecule has 0 aliphatic carbocycles. The monoisotopic (exact) mass is 354 g/mol. The summed E-state index contributed by atoms with van der Waals surface area (Å²) in [5, 5.41) is 0. The first-order valence-electron chi connectivity index (χ1n) is 8.89. The average molecular weight is 354 g/mol. The summed E-state index contributed by atoms with van der Waals surface area (Å²) in [5.74, 6) is 3.83. The number of fused-ring (bicyclic) bond motifs is 3. The van der Waals surface area contributed by atoms with E-state index in [0.29, 0.717) is 25.0 Å². The Labute approximate surface area is 150 Å². The minimum Gasteiger partial charge on any atom is -0.454 e. The first-order valence-corrected chi connectivity index (χ1v) is 8.89. The van der Waals surface area contributed by atoms with E-state index < -0.39 is 0 Å². The van der Waals surface area contributed by atoms with Gasteiger partial charge in [-0.3, -0.25) is 0 Å². The van der Waals surface area contributed by atoms with Crippen LogP contribution in [0.25, 0.3) is 0 Å². The van der Waals surface area contributed by atoms with Gasteiger partial charge in [0.25, 0.3) is 0 Å². The van der Waals surface area contributed by atoms with E-state index in [9.17, 15) is 0 Å². The molecule has 1 unspecified atom stereocenters. The third-order valence-corrected chi connectivity index (χ3v) is 5.71. The molecule has 0 amide bonds. The van der Waals surface area contributed by atoms with E-state index in [2.05, 4.69) is 12.1 Å². The van der Waals surface area contributed by atoms with Crippen LogP contribution in [0.3, 0.4) is 0 Å². The van der Waals surface area contributed by atoms with Crippen LogP contribution in [-0.2, 0) is 9.47 Å². The molecule has 0 bridgehead atoms. The van der Waals surface area contributed by atoms with E-state index in [-0.39, 0.29) is 25.8 Å². The molecule has 4 atom stereocenters. The molecule has 0 aromatic heterocycles. The molecule has 6 nitrogen and oxygen atoms in total. The zero-order chi connectivity index (χ0) is 17.1. The van der Waals surface area contributed by atoms with Crippen molar-refractivity contribution in [2.75, 3.05) is 26.8 Å². The zero-order valence-corrected chi connectivity index (χ0v) is 14.1. The summed E-state index contributed by atoms with van der Waals surface area (Å²) in [5.41, 5.74) is 2.24. The van der Waals surface area contributed by atoms with E-state index in [1.165, 1.54) is 0 Å². The van der Waals surface area contributed by atoms with Gasteiger partial charge in [0.1, 0.15) is 0 Å². The van der Waals surface area contributed by atoms with Crippen molar-refractivity contribution in [2.24, 2.45) is 11.8 Å². The van der Waals surface area contributed by atoms with Crippen LogP contribution >= 0.6 is 0 Å². The fourth-order valence-corrected chi connectivity index (χ4v) is 4.41. The van der Waals surface area contributed by atoms with Crippen LogP contribution in [0.4, 0.5) is 0 Å². The predicted octanol–water partition coefficient (Wildman–Crippen LogP) is 3.22. The summed E-state index contributed by atoms with van der Waals surface area (Å²) in [6.07, 6.45) is 0.0435. The Balaban J connectivity index is 1.27. The number of benzene rings is 2. The fourth-order valence-electron chi connectivity index (χ4n) is 4.41. The molecular weight excluding hydrogens is 336 g/mol.